The van der Waals surface area contributed by atoms with E-state index in [0.29, 0.717) is 13.0 Å². The molecule has 0 aliphatic carbocycles. The Morgan fingerprint density at radius 2 is 2.15 bits per heavy atom. The highest BCUT2D eigenvalue weighted by molar-refractivity contribution is 5.69. The minimum absolute atomic E-state index is 0.000624. The first-order valence-electron chi connectivity index (χ1n) is 7.18. The molecule has 0 bridgehead atoms. The number of hydrogen-bond donors (Lipinski definition) is 0. The van der Waals surface area contributed by atoms with Gasteiger partial charge in [-0.2, -0.15) is 0 Å². The fraction of sp³-hybridized carbons (Fsp3) is 0.562. The third kappa shape index (κ3) is 3.73. The Labute approximate surface area is 120 Å². The molecule has 1 heterocycles. The van der Waals surface area contributed by atoms with Crippen molar-refractivity contribution in [2.45, 2.75) is 44.8 Å². The van der Waals surface area contributed by atoms with Crippen LogP contribution in [0.2, 0.25) is 0 Å². The van der Waals surface area contributed by atoms with E-state index in [1.54, 1.807) is 7.11 Å². The molecule has 1 aliphatic heterocycles. The van der Waals surface area contributed by atoms with Crippen LogP contribution in [0, 0.1) is 0 Å². The second-order valence-corrected chi connectivity index (χ2v) is 4.93. The number of methoxy groups -OCH3 is 1. The van der Waals surface area contributed by atoms with Gasteiger partial charge in [-0.05, 0) is 32.3 Å². The molecule has 0 spiro atoms. The lowest BCUT2D eigenvalue weighted by Gasteiger charge is -2.30. The van der Waals surface area contributed by atoms with E-state index in [1.165, 1.54) is 0 Å². The fourth-order valence-corrected chi connectivity index (χ4v) is 2.62. The van der Waals surface area contributed by atoms with Crippen LogP contribution in [-0.2, 0) is 14.3 Å². The average molecular weight is 278 g/mol. The molecule has 1 aromatic carbocycles. The van der Waals surface area contributed by atoms with Crippen molar-refractivity contribution in [1.82, 2.24) is 0 Å². The first-order chi connectivity index (χ1) is 9.74. The van der Waals surface area contributed by atoms with Gasteiger partial charge in [0.05, 0.1) is 32.3 Å². The van der Waals surface area contributed by atoms with E-state index in [-0.39, 0.29) is 18.2 Å². The van der Waals surface area contributed by atoms with Crippen LogP contribution >= 0.6 is 0 Å². The lowest BCUT2D eigenvalue weighted by Crippen LogP contribution is -2.26. The van der Waals surface area contributed by atoms with E-state index in [4.69, 9.17) is 14.2 Å². The van der Waals surface area contributed by atoms with Crippen molar-refractivity contribution in [3.63, 3.8) is 0 Å². The maximum atomic E-state index is 11.6. The first-order valence-corrected chi connectivity index (χ1v) is 7.18. The Kier molecular flexibility index (Phi) is 5.41. The maximum Gasteiger partial charge on any atom is 0.308 e. The van der Waals surface area contributed by atoms with E-state index in [9.17, 15) is 4.79 Å². The van der Waals surface area contributed by atoms with Crippen molar-refractivity contribution in [2.75, 3.05) is 13.7 Å². The number of ether oxygens (including phenoxy) is 3. The molecule has 0 unspecified atom stereocenters. The number of benzene rings is 1. The Morgan fingerprint density at radius 3 is 2.90 bits per heavy atom. The summed E-state index contributed by atoms with van der Waals surface area (Å²) in [7, 11) is 1.66. The van der Waals surface area contributed by atoms with E-state index in [1.807, 2.05) is 31.2 Å². The molecule has 2 atom stereocenters. The van der Waals surface area contributed by atoms with Gasteiger partial charge in [-0.15, -0.1) is 0 Å². The SMILES string of the molecule is CCOC(=O)C[C@H]1CCC[C@@H](c2ccccc2OC)O1. The molecule has 4 heteroatoms. The van der Waals surface area contributed by atoms with Crippen LogP contribution in [0.4, 0.5) is 0 Å². The summed E-state index contributed by atoms with van der Waals surface area (Å²) >= 11 is 0. The molecule has 4 nitrogen and oxygen atoms in total. The number of rotatable bonds is 5. The summed E-state index contributed by atoms with van der Waals surface area (Å²) in [5.74, 6) is 0.660. The highest BCUT2D eigenvalue weighted by Gasteiger charge is 2.27. The summed E-state index contributed by atoms with van der Waals surface area (Å²) in [6, 6.07) is 7.89. The molecule has 20 heavy (non-hydrogen) atoms. The highest BCUT2D eigenvalue weighted by atomic mass is 16.5. The summed E-state index contributed by atoms with van der Waals surface area (Å²) in [6.45, 7) is 2.23. The van der Waals surface area contributed by atoms with Gasteiger partial charge in [0.15, 0.2) is 0 Å². The zero-order valence-corrected chi connectivity index (χ0v) is 12.1. The number of para-hydroxylation sites is 1. The second kappa shape index (κ2) is 7.29. The van der Waals surface area contributed by atoms with Crippen LogP contribution in [0.25, 0.3) is 0 Å². The van der Waals surface area contributed by atoms with Gasteiger partial charge >= 0.3 is 5.97 Å². The maximum absolute atomic E-state index is 11.6. The molecule has 110 valence electrons. The van der Waals surface area contributed by atoms with Crippen molar-refractivity contribution in [2.24, 2.45) is 0 Å². The summed E-state index contributed by atoms with van der Waals surface area (Å²) in [6.07, 6.45) is 3.19. The molecule has 0 radical (unpaired) electrons. The van der Waals surface area contributed by atoms with Crippen molar-refractivity contribution >= 4 is 5.97 Å². The van der Waals surface area contributed by atoms with E-state index >= 15 is 0 Å². The summed E-state index contributed by atoms with van der Waals surface area (Å²) in [4.78, 5) is 11.6. The van der Waals surface area contributed by atoms with Crippen LogP contribution in [0.3, 0.4) is 0 Å². The van der Waals surface area contributed by atoms with Crippen molar-refractivity contribution < 1.29 is 19.0 Å². The molecule has 0 saturated carbocycles. The van der Waals surface area contributed by atoms with E-state index in [0.717, 1.165) is 30.6 Å². The Morgan fingerprint density at radius 1 is 1.35 bits per heavy atom. The Bertz CT molecular complexity index is 444. The third-order valence-electron chi connectivity index (χ3n) is 3.53. The van der Waals surface area contributed by atoms with E-state index in [2.05, 4.69) is 0 Å². The molecule has 0 amide bonds. The van der Waals surface area contributed by atoms with E-state index < -0.39 is 0 Å². The average Bonchev–Trinajstić information content (AvgIpc) is 2.47. The molecular weight excluding hydrogens is 256 g/mol. The van der Waals surface area contributed by atoms with Gasteiger partial charge in [0.1, 0.15) is 5.75 Å². The van der Waals surface area contributed by atoms with Crippen molar-refractivity contribution in [3.05, 3.63) is 29.8 Å². The number of hydrogen-bond acceptors (Lipinski definition) is 4. The molecule has 1 saturated heterocycles. The Hall–Kier alpha value is -1.55. The van der Waals surface area contributed by atoms with Gasteiger partial charge in [-0.3, -0.25) is 4.79 Å². The lowest BCUT2D eigenvalue weighted by molar-refractivity contribution is -0.149. The first kappa shape index (κ1) is 14.9. The lowest BCUT2D eigenvalue weighted by atomic mass is 9.96. The minimum atomic E-state index is -0.182. The quantitative estimate of drug-likeness (QED) is 0.775. The van der Waals surface area contributed by atoms with Gasteiger partial charge in [0, 0.05) is 5.56 Å². The highest BCUT2D eigenvalue weighted by Crippen LogP contribution is 2.36. The monoisotopic (exact) mass is 278 g/mol. The predicted molar refractivity (Wildman–Crippen MR) is 75.7 cm³/mol. The minimum Gasteiger partial charge on any atom is -0.496 e. The van der Waals surface area contributed by atoms with Gasteiger partial charge in [-0.1, -0.05) is 18.2 Å². The zero-order valence-electron chi connectivity index (χ0n) is 12.1. The molecule has 2 rings (SSSR count). The Balaban J connectivity index is 2.01. The number of carbonyl (C=O) groups excluding carboxylic acids is 1. The molecule has 0 aromatic heterocycles. The van der Waals surface area contributed by atoms with Crippen LogP contribution in [-0.4, -0.2) is 25.8 Å². The summed E-state index contributed by atoms with van der Waals surface area (Å²) < 4.78 is 16.4. The molecule has 1 aromatic rings. The van der Waals surface area contributed by atoms with Crippen LogP contribution in [0.15, 0.2) is 24.3 Å². The number of esters is 1. The second-order valence-electron chi connectivity index (χ2n) is 4.93. The molecular formula is C16H22O4. The van der Waals surface area contributed by atoms with Gasteiger partial charge in [0.25, 0.3) is 0 Å². The molecule has 1 aliphatic rings. The fourth-order valence-electron chi connectivity index (χ4n) is 2.62. The topological polar surface area (TPSA) is 44.8 Å². The molecule has 1 fully saturated rings. The standard InChI is InChI=1S/C16H22O4/c1-3-19-16(17)11-12-7-6-10-15(20-12)13-8-4-5-9-14(13)18-2/h4-5,8-9,12,15H,3,6-7,10-11H2,1-2H3/t12-,15+/m1/s1. The van der Waals surface area contributed by atoms with Gasteiger partial charge in [0.2, 0.25) is 0 Å². The van der Waals surface area contributed by atoms with Crippen molar-refractivity contribution in [1.29, 1.82) is 0 Å². The van der Waals surface area contributed by atoms with Gasteiger partial charge in [-0.25, -0.2) is 0 Å². The third-order valence-corrected chi connectivity index (χ3v) is 3.53. The van der Waals surface area contributed by atoms with Crippen molar-refractivity contribution in [3.8, 4) is 5.75 Å². The molecule has 0 N–H and O–H groups in total. The van der Waals surface area contributed by atoms with Crippen LogP contribution in [0.5, 0.6) is 5.75 Å². The summed E-state index contributed by atoms with van der Waals surface area (Å²) in [5.41, 5.74) is 1.06. The van der Waals surface area contributed by atoms with Crippen LogP contribution < -0.4 is 4.74 Å². The normalized spacial score (nSPS) is 22.3. The summed E-state index contributed by atoms with van der Waals surface area (Å²) in [5, 5.41) is 0. The largest absolute Gasteiger partial charge is 0.496 e. The smallest absolute Gasteiger partial charge is 0.308 e. The number of carbonyl (C=O) groups is 1. The zero-order chi connectivity index (χ0) is 14.4. The van der Waals surface area contributed by atoms with Gasteiger partial charge < -0.3 is 14.2 Å². The van der Waals surface area contributed by atoms with Crippen LogP contribution in [0.1, 0.15) is 44.3 Å². The predicted octanol–water partition coefficient (Wildman–Crippen LogP) is 3.26.